The van der Waals surface area contributed by atoms with E-state index in [0.29, 0.717) is 13.2 Å². The molecule has 6 heteroatoms. The van der Waals surface area contributed by atoms with Crippen molar-refractivity contribution in [3.05, 3.63) is 23.8 Å². The molecule has 0 bridgehead atoms. The number of fused-ring (bicyclic) bond motifs is 1. The molecule has 2 aliphatic heterocycles. The molecule has 0 aromatic heterocycles. The fourth-order valence-corrected chi connectivity index (χ4v) is 2.74. The second-order valence-corrected chi connectivity index (χ2v) is 5.52. The van der Waals surface area contributed by atoms with E-state index in [1.54, 1.807) is 0 Å². The van der Waals surface area contributed by atoms with E-state index in [-0.39, 0.29) is 5.91 Å². The molecule has 0 saturated carbocycles. The smallest absolute Gasteiger partial charge is 0.231 e. The molecule has 0 radical (unpaired) electrons. The number of carbonyl (C=O) groups is 1. The van der Waals surface area contributed by atoms with Gasteiger partial charge >= 0.3 is 0 Å². The molecule has 6 nitrogen and oxygen atoms in total. The lowest BCUT2D eigenvalue weighted by atomic mass is 10.1. The normalized spacial score (nSPS) is 18.9. The molecule has 1 saturated heterocycles. The molecule has 0 atom stereocenters. The van der Waals surface area contributed by atoms with Crippen molar-refractivity contribution in [3.63, 3.8) is 0 Å². The summed E-state index contributed by atoms with van der Waals surface area (Å²) in [6.07, 6.45) is 0.447. The summed E-state index contributed by atoms with van der Waals surface area (Å²) in [4.78, 5) is 15.5. The van der Waals surface area contributed by atoms with Crippen LogP contribution in [0.3, 0.4) is 0 Å². The van der Waals surface area contributed by atoms with Crippen molar-refractivity contribution >= 4 is 5.91 Å². The maximum Gasteiger partial charge on any atom is 0.231 e. The third-order valence-corrected chi connectivity index (χ3v) is 3.98. The average Bonchev–Trinajstić information content (AvgIpc) is 2.94. The minimum Gasteiger partial charge on any atom is -0.454 e. The first-order chi connectivity index (χ1) is 10.2. The Balaban J connectivity index is 1.48. The zero-order chi connectivity index (χ0) is 14.7. The first kappa shape index (κ1) is 14.2. The van der Waals surface area contributed by atoms with E-state index in [2.05, 4.69) is 21.9 Å². The largest absolute Gasteiger partial charge is 0.454 e. The van der Waals surface area contributed by atoms with E-state index in [1.165, 1.54) is 5.56 Å². The Morgan fingerprint density at radius 3 is 2.57 bits per heavy atom. The van der Waals surface area contributed by atoms with Crippen molar-refractivity contribution < 1.29 is 14.3 Å². The number of piperazine rings is 1. The Morgan fingerprint density at radius 2 is 1.81 bits per heavy atom. The van der Waals surface area contributed by atoms with Crippen molar-refractivity contribution in [1.29, 1.82) is 0 Å². The van der Waals surface area contributed by atoms with Gasteiger partial charge in [0.05, 0.1) is 0 Å². The summed E-state index contributed by atoms with van der Waals surface area (Å²) >= 11 is 0. The van der Waals surface area contributed by atoms with Gasteiger partial charge in [0.1, 0.15) is 0 Å². The summed E-state index contributed by atoms with van der Waals surface area (Å²) in [6.45, 7) is 5.99. The van der Waals surface area contributed by atoms with Crippen LogP contribution in [0.5, 0.6) is 11.5 Å². The van der Waals surface area contributed by atoms with Crippen molar-refractivity contribution in [1.82, 2.24) is 9.80 Å². The molecule has 1 aromatic carbocycles. The van der Waals surface area contributed by atoms with Crippen LogP contribution in [0.2, 0.25) is 0 Å². The molecule has 1 aromatic rings. The number of benzene rings is 1. The molecule has 2 aliphatic rings. The van der Waals surface area contributed by atoms with E-state index in [9.17, 15) is 4.79 Å². The monoisotopic (exact) mass is 291 g/mol. The average molecular weight is 291 g/mol. The van der Waals surface area contributed by atoms with Gasteiger partial charge in [-0.15, -0.1) is 0 Å². The number of primary amides is 1. The van der Waals surface area contributed by atoms with Gasteiger partial charge in [-0.2, -0.15) is 0 Å². The topological polar surface area (TPSA) is 68.0 Å². The summed E-state index contributed by atoms with van der Waals surface area (Å²) in [5, 5.41) is 0. The maximum atomic E-state index is 10.8. The lowest BCUT2D eigenvalue weighted by Gasteiger charge is -2.34. The first-order valence-corrected chi connectivity index (χ1v) is 7.32. The molecular formula is C15H21N3O3. The first-order valence-electron chi connectivity index (χ1n) is 7.32. The molecule has 114 valence electrons. The standard InChI is InChI=1S/C15H21N3O3/c16-15(19)3-4-17-5-7-18(8-6-17)10-12-1-2-13-14(9-12)21-11-20-13/h1-2,9H,3-8,10-11H2,(H2,16,19). The summed E-state index contributed by atoms with van der Waals surface area (Å²) in [6, 6.07) is 6.12. The van der Waals surface area contributed by atoms with Crippen LogP contribution in [0.4, 0.5) is 0 Å². The third-order valence-electron chi connectivity index (χ3n) is 3.98. The minimum absolute atomic E-state index is 0.224. The van der Waals surface area contributed by atoms with E-state index < -0.39 is 0 Å². The highest BCUT2D eigenvalue weighted by atomic mass is 16.7. The summed E-state index contributed by atoms with van der Waals surface area (Å²) < 4.78 is 10.7. The van der Waals surface area contributed by atoms with Crippen LogP contribution in [0.1, 0.15) is 12.0 Å². The summed E-state index contributed by atoms with van der Waals surface area (Å²) in [5.74, 6) is 1.44. The van der Waals surface area contributed by atoms with Crippen LogP contribution >= 0.6 is 0 Å². The van der Waals surface area contributed by atoms with Gasteiger partial charge in [-0.3, -0.25) is 9.69 Å². The van der Waals surface area contributed by atoms with E-state index in [1.807, 2.05) is 6.07 Å². The molecule has 21 heavy (non-hydrogen) atoms. The number of amides is 1. The Morgan fingerprint density at radius 1 is 1.10 bits per heavy atom. The molecule has 0 spiro atoms. The van der Waals surface area contributed by atoms with E-state index in [0.717, 1.165) is 50.8 Å². The van der Waals surface area contributed by atoms with Gasteiger partial charge in [-0.05, 0) is 17.7 Å². The van der Waals surface area contributed by atoms with Crippen LogP contribution in [-0.4, -0.2) is 55.2 Å². The number of hydrogen-bond acceptors (Lipinski definition) is 5. The van der Waals surface area contributed by atoms with Gasteiger partial charge in [0.25, 0.3) is 0 Å². The minimum atomic E-state index is -0.224. The van der Waals surface area contributed by atoms with E-state index >= 15 is 0 Å². The second kappa shape index (κ2) is 6.32. The number of hydrogen-bond donors (Lipinski definition) is 1. The zero-order valence-electron chi connectivity index (χ0n) is 12.1. The van der Waals surface area contributed by atoms with Crippen molar-refractivity contribution in [2.24, 2.45) is 5.73 Å². The van der Waals surface area contributed by atoms with Crippen molar-refractivity contribution in [2.75, 3.05) is 39.5 Å². The van der Waals surface area contributed by atoms with E-state index in [4.69, 9.17) is 15.2 Å². The third kappa shape index (κ3) is 3.65. The number of carbonyl (C=O) groups excluding carboxylic acids is 1. The lowest BCUT2D eigenvalue weighted by molar-refractivity contribution is -0.118. The summed E-state index contributed by atoms with van der Waals surface area (Å²) in [7, 11) is 0. The van der Waals surface area contributed by atoms with Crippen LogP contribution in [0.15, 0.2) is 18.2 Å². The summed E-state index contributed by atoms with van der Waals surface area (Å²) in [5.41, 5.74) is 6.43. The number of nitrogens with zero attached hydrogens (tertiary/aromatic N) is 2. The van der Waals surface area contributed by atoms with Gasteiger partial charge in [-0.1, -0.05) is 6.07 Å². The fraction of sp³-hybridized carbons (Fsp3) is 0.533. The SMILES string of the molecule is NC(=O)CCN1CCN(Cc2ccc3c(c2)OCO3)CC1. The lowest BCUT2D eigenvalue weighted by Crippen LogP contribution is -2.46. The zero-order valence-corrected chi connectivity index (χ0v) is 12.1. The Hall–Kier alpha value is -1.79. The van der Waals surface area contributed by atoms with Gasteiger partial charge < -0.3 is 20.1 Å². The quantitative estimate of drug-likeness (QED) is 0.851. The molecule has 2 N–H and O–H groups in total. The molecule has 3 rings (SSSR count). The van der Waals surface area contributed by atoms with Crippen LogP contribution in [-0.2, 0) is 11.3 Å². The number of rotatable bonds is 5. The van der Waals surface area contributed by atoms with Crippen LogP contribution in [0.25, 0.3) is 0 Å². The van der Waals surface area contributed by atoms with Crippen LogP contribution in [0, 0.1) is 0 Å². The molecule has 1 amide bonds. The molecular weight excluding hydrogens is 270 g/mol. The van der Waals surface area contributed by atoms with Gasteiger partial charge in [0.2, 0.25) is 12.7 Å². The predicted octanol–water partition coefficient (Wildman–Crippen LogP) is 0.408. The van der Waals surface area contributed by atoms with Crippen molar-refractivity contribution in [3.8, 4) is 11.5 Å². The van der Waals surface area contributed by atoms with Gasteiger partial charge in [0.15, 0.2) is 11.5 Å². The highest BCUT2D eigenvalue weighted by Gasteiger charge is 2.19. The Kier molecular flexibility index (Phi) is 4.26. The molecule has 2 heterocycles. The van der Waals surface area contributed by atoms with Crippen LogP contribution < -0.4 is 15.2 Å². The number of nitrogens with two attached hydrogens (primary N) is 1. The highest BCUT2D eigenvalue weighted by Crippen LogP contribution is 2.32. The van der Waals surface area contributed by atoms with Crippen molar-refractivity contribution in [2.45, 2.75) is 13.0 Å². The second-order valence-electron chi connectivity index (χ2n) is 5.52. The number of ether oxygens (including phenoxy) is 2. The molecule has 0 unspecified atom stereocenters. The maximum absolute atomic E-state index is 10.8. The molecule has 0 aliphatic carbocycles. The molecule has 1 fully saturated rings. The Bertz CT molecular complexity index is 513. The van der Waals surface area contributed by atoms with Gasteiger partial charge in [0, 0.05) is 45.7 Å². The van der Waals surface area contributed by atoms with Gasteiger partial charge in [-0.25, -0.2) is 0 Å². The predicted molar refractivity (Wildman–Crippen MR) is 78.1 cm³/mol. The Labute approximate surface area is 124 Å². The fourth-order valence-electron chi connectivity index (χ4n) is 2.74. The highest BCUT2D eigenvalue weighted by molar-refractivity contribution is 5.73.